The number of furan rings is 1. The van der Waals surface area contributed by atoms with E-state index in [0.717, 1.165) is 22.5 Å². The molecule has 1 atom stereocenters. The molecule has 0 radical (unpaired) electrons. The molecule has 3 N–H and O–H groups in total. The molecular formula is C11H14N4O. The molecule has 0 fully saturated rings. The van der Waals surface area contributed by atoms with Gasteiger partial charge in [-0.2, -0.15) is 10.2 Å². The predicted octanol–water partition coefficient (Wildman–Crippen LogP) is 1.24. The van der Waals surface area contributed by atoms with Gasteiger partial charge in [0, 0.05) is 5.56 Å². The van der Waals surface area contributed by atoms with Crippen LogP contribution in [0.4, 0.5) is 0 Å². The van der Waals surface area contributed by atoms with Crippen LogP contribution in [0.25, 0.3) is 0 Å². The van der Waals surface area contributed by atoms with E-state index in [1.807, 2.05) is 26.0 Å². The van der Waals surface area contributed by atoms with E-state index in [4.69, 9.17) is 10.3 Å². The number of hydrazine groups is 1. The minimum absolute atomic E-state index is 0.118. The number of aryl methyl sites for hydroxylation is 2. The predicted molar refractivity (Wildman–Crippen MR) is 59.4 cm³/mol. The van der Waals surface area contributed by atoms with Crippen LogP contribution in [0.1, 0.15) is 28.6 Å². The first-order chi connectivity index (χ1) is 7.72. The van der Waals surface area contributed by atoms with Gasteiger partial charge in [-0.1, -0.05) is 0 Å². The topological polar surface area (TPSA) is 77.0 Å². The first-order valence-corrected chi connectivity index (χ1v) is 5.01. The highest BCUT2D eigenvalue weighted by molar-refractivity contribution is 5.32. The lowest BCUT2D eigenvalue weighted by molar-refractivity contribution is 0.552. The Labute approximate surface area is 93.6 Å². The maximum atomic E-state index is 5.58. The Morgan fingerprint density at radius 2 is 2.19 bits per heavy atom. The second-order valence-electron chi connectivity index (χ2n) is 3.68. The van der Waals surface area contributed by atoms with Crippen LogP contribution in [0.5, 0.6) is 0 Å². The van der Waals surface area contributed by atoms with Gasteiger partial charge < -0.3 is 4.42 Å². The normalized spacial score (nSPS) is 12.7. The van der Waals surface area contributed by atoms with Gasteiger partial charge in [-0.15, -0.1) is 0 Å². The summed E-state index contributed by atoms with van der Waals surface area (Å²) in [4.78, 5) is 0. The highest BCUT2D eigenvalue weighted by Gasteiger charge is 2.16. The first-order valence-electron chi connectivity index (χ1n) is 5.01. The third-order valence-corrected chi connectivity index (χ3v) is 2.49. The smallest absolute Gasteiger partial charge is 0.0954 e. The molecule has 0 aliphatic rings. The Bertz CT molecular complexity index is 467. The standard InChI is InChI=1S/C11H14N4O/c1-7-5-10(8(2)15-14-7)11(13-12)9-3-4-16-6-9/h3-6,11,13H,12H2,1-2H3. The molecule has 0 aliphatic heterocycles. The van der Waals surface area contributed by atoms with Crippen molar-refractivity contribution in [2.45, 2.75) is 19.9 Å². The van der Waals surface area contributed by atoms with Gasteiger partial charge in [-0.05, 0) is 31.5 Å². The fraction of sp³-hybridized carbons (Fsp3) is 0.273. The lowest BCUT2D eigenvalue weighted by Crippen LogP contribution is -2.29. The van der Waals surface area contributed by atoms with Crippen LogP contribution < -0.4 is 11.3 Å². The van der Waals surface area contributed by atoms with Crippen LogP contribution in [0.15, 0.2) is 29.1 Å². The van der Waals surface area contributed by atoms with Crippen molar-refractivity contribution in [1.82, 2.24) is 15.6 Å². The van der Waals surface area contributed by atoms with Crippen LogP contribution in [0.2, 0.25) is 0 Å². The van der Waals surface area contributed by atoms with E-state index in [1.165, 1.54) is 0 Å². The van der Waals surface area contributed by atoms with E-state index in [1.54, 1.807) is 12.5 Å². The maximum Gasteiger partial charge on any atom is 0.0954 e. The average Bonchev–Trinajstić information content (AvgIpc) is 2.78. The SMILES string of the molecule is Cc1cc(C(NN)c2ccoc2)c(C)nn1. The van der Waals surface area contributed by atoms with Gasteiger partial charge in [0.05, 0.1) is 30.0 Å². The summed E-state index contributed by atoms with van der Waals surface area (Å²) in [5.41, 5.74) is 6.46. The molecule has 0 amide bonds. The molecule has 2 rings (SSSR count). The highest BCUT2D eigenvalue weighted by Crippen LogP contribution is 2.23. The molecule has 0 spiro atoms. The zero-order valence-corrected chi connectivity index (χ0v) is 9.27. The quantitative estimate of drug-likeness (QED) is 0.598. The molecular weight excluding hydrogens is 204 g/mol. The van der Waals surface area contributed by atoms with Crippen molar-refractivity contribution in [1.29, 1.82) is 0 Å². The van der Waals surface area contributed by atoms with Crippen LogP contribution in [0, 0.1) is 13.8 Å². The molecule has 0 aliphatic carbocycles. The van der Waals surface area contributed by atoms with E-state index < -0.39 is 0 Å². The maximum absolute atomic E-state index is 5.58. The van der Waals surface area contributed by atoms with Crippen LogP contribution in [-0.4, -0.2) is 10.2 Å². The van der Waals surface area contributed by atoms with Gasteiger partial charge in [-0.3, -0.25) is 5.84 Å². The molecule has 2 aromatic rings. The second kappa shape index (κ2) is 4.42. The number of nitrogens with zero attached hydrogens (tertiary/aromatic N) is 2. The summed E-state index contributed by atoms with van der Waals surface area (Å²) >= 11 is 0. The first kappa shape index (κ1) is 10.8. The molecule has 0 bridgehead atoms. The number of rotatable bonds is 3. The summed E-state index contributed by atoms with van der Waals surface area (Å²) in [7, 11) is 0. The van der Waals surface area contributed by atoms with E-state index in [-0.39, 0.29) is 6.04 Å². The molecule has 1 unspecified atom stereocenters. The Morgan fingerprint density at radius 3 is 2.81 bits per heavy atom. The number of nitrogens with two attached hydrogens (primary N) is 1. The summed E-state index contributed by atoms with van der Waals surface area (Å²) in [6, 6.07) is 3.73. The molecule has 5 heteroatoms. The molecule has 0 saturated carbocycles. The van der Waals surface area contributed by atoms with Crippen molar-refractivity contribution >= 4 is 0 Å². The molecule has 0 saturated heterocycles. The molecule has 0 aromatic carbocycles. The summed E-state index contributed by atoms with van der Waals surface area (Å²) < 4.78 is 5.06. The van der Waals surface area contributed by atoms with Gasteiger partial charge in [0.15, 0.2) is 0 Å². The molecule has 5 nitrogen and oxygen atoms in total. The Morgan fingerprint density at radius 1 is 1.38 bits per heavy atom. The van der Waals surface area contributed by atoms with Crippen molar-refractivity contribution < 1.29 is 4.42 Å². The van der Waals surface area contributed by atoms with Crippen LogP contribution in [0.3, 0.4) is 0 Å². The molecule has 2 heterocycles. The van der Waals surface area contributed by atoms with Crippen molar-refractivity contribution in [3.05, 3.63) is 47.2 Å². The summed E-state index contributed by atoms with van der Waals surface area (Å²) in [6.07, 6.45) is 3.29. The molecule has 2 aromatic heterocycles. The van der Waals surface area contributed by atoms with Gasteiger partial charge in [-0.25, -0.2) is 5.43 Å². The largest absolute Gasteiger partial charge is 0.472 e. The number of hydrogen-bond donors (Lipinski definition) is 2. The van der Waals surface area contributed by atoms with Crippen molar-refractivity contribution in [3.8, 4) is 0 Å². The second-order valence-corrected chi connectivity index (χ2v) is 3.68. The van der Waals surface area contributed by atoms with Gasteiger partial charge in [0.1, 0.15) is 0 Å². The van der Waals surface area contributed by atoms with Gasteiger partial charge >= 0.3 is 0 Å². The van der Waals surface area contributed by atoms with Crippen LogP contribution in [-0.2, 0) is 0 Å². The summed E-state index contributed by atoms with van der Waals surface area (Å²) in [5.74, 6) is 5.58. The van der Waals surface area contributed by atoms with Crippen molar-refractivity contribution in [2.75, 3.05) is 0 Å². The zero-order valence-electron chi connectivity index (χ0n) is 9.27. The zero-order chi connectivity index (χ0) is 11.5. The third-order valence-electron chi connectivity index (χ3n) is 2.49. The van der Waals surface area contributed by atoms with Crippen LogP contribution >= 0.6 is 0 Å². The van der Waals surface area contributed by atoms with E-state index in [9.17, 15) is 0 Å². The van der Waals surface area contributed by atoms with E-state index in [2.05, 4.69) is 15.6 Å². The monoisotopic (exact) mass is 218 g/mol. The minimum atomic E-state index is -0.118. The third kappa shape index (κ3) is 1.95. The molecule has 84 valence electrons. The average molecular weight is 218 g/mol. The lowest BCUT2D eigenvalue weighted by atomic mass is 10.0. The van der Waals surface area contributed by atoms with Crippen molar-refractivity contribution in [3.63, 3.8) is 0 Å². The Balaban J connectivity index is 2.44. The van der Waals surface area contributed by atoms with Gasteiger partial charge in [0.2, 0.25) is 0 Å². The van der Waals surface area contributed by atoms with Crippen molar-refractivity contribution in [2.24, 2.45) is 5.84 Å². The van der Waals surface area contributed by atoms with E-state index in [0.29, 0.717) is 0 Å². The lowest BCUT2D eigenvalue weighted by Gasteiger charge is -2.16. The Hall–Kier alpha value is -1.72. The fourth-order valence-electron chi connectivity index (χ4n) is 1.67. The Kier molecular flexibility index (Phi) is 2.98. The summed E-state index contributed by atoms with van der Waals surface area (Å²) in [5, 5.41) is 8.08. The van der Waals surface area contributed by atoms with E-state index >= 15 is 0 Å². The number of nitrogens with one attached hydrogen (secondary N) is 1. The highest BCUT2D eigenvalue weighted by atomic mass is 16.3. The fourth-order valence-corrected chi connectivity index (χ4v) is 1.67. The minimum Gasteiger partial charge on any atom is -0.472 e. The number of hydrogen-bond acceptors (Lipinski definition) is 5. The summed E-state index contributed by atoms with van der Waals surface area (Å²) in [6.45, 7) is 3.81. The number of aromatic nitrogens is 2. The molecule has 16 heavy (non-hydrogen) atoms. The van der Waals surface area contributed by atoms with Gasteiger partial charge in [0.25, 0.3) is 0 Å².